The summed E-state index contributed by atoms with van der Waals surface area (Å²) in [6.45, 7) is 4.13. The van der Waals surface area contributed by atoms with Crippen LogP contribution in [0.4, 0.5) is 11.5 Å². The number of aryl methyl sites for hydroxylation is 2. The van der Waals surface area contributed by atoms with Gasteiger partial charge in [0, 0.05) is 17.4 Å². The predicted octanol–water partition coefficient (Wildman–Crippen LogP) is 5.72. The molecule has 0 aliphatic rings. The second-order valence-electron chi connectivity index (χ2n) is 6.40. The Morgan fingerprint density at radius 3 is 2.46 bits per heavy atom. The van der Waals surface area contributed by atoms with Crippen LogP contribution in [0.2, 0.25) is 5.02 Å². The van der Waals surface area contributed by atoms with Crippen LogP contribution in [-0.4, -0.2) is 14.5 Å². The average Bonchev–Trinajstić information content (AvgIpc) is 2.92. The summed E-state index contributed by atoms with van der Waals surface area (Å²) in [5.74, 6) is 0.944. The van der Waals surface area contributed by atoms with Crippen molar-refractivity contribution in [2.75, 3.05) is 5.32 Å². The van der Waals surface area contributed by atoms with Crippen LogP contribution in [0.5, 0.6) is 5.75 Å². The van der Waals surface area contributed by atoms with E-state index in [0.717, 1.165) is 17.2 Å². The summed E-state index contributed by atoms with van der Waals surface area (Å²) < 4.78 is 1.90. The number of rotatable bonds is 3. The Labute approximate surface area is 156 Å². The molecule has 0 spiro atoms. The zero-order valence-electron chi connectivity index (χ0n) is 14.5. The molecule has 0 bridgehead atoms. The maximum atomic E-state index is 10.3. The predicted molar refractivity (Wildman–Crippen MR) is 107 cm³/mol. The van der Waals surface area contributed by atoms with Crippen molar-refractivity contribution in [2.24, 2.45) is 0 Å². The van der Waals surface area contributed by atoms with E-state index in [0.29, 0.717) is 16.3 Å². The molecule has 5 heteroatoms. The molecule has 26 heavy (non-hydrogen) atoms. The summed E-state index contributed by atoms with van der Waals surface area (Å²) in [5, 5.41) is 14.4. The van der Waals surface area contributed by atoms with Gasteiger partial charge in [-0.1, -0.05) is 29.8 Å². The van der Waals surface area contributed by atoms with Crippen LogP contribution in [0, 0.1) is 13.8 Å². The van der Waals surface area contributed by atoms with Gasteiger partial charge in [0.05, 0.1) is 5.02 Å². The van der Waals surface area contributed by atoms with Gasteiger partial charge in [-0.25, -0.2) is 4.98 Å². The highest BCUT2D eigenvalue weighted by Gasteiger charge is 2.17. The van der Waals surface area contributed by atoms with E-state index in [1.807, 2.05) is 28.8 Å². The van der Waals surface area contributed by atoms with Gasteiger partial charge in [0.1, 0.15) is 22.9 Å². The fourth-order valence-electron chi connectivity index (χ4n) is 3.18. The van der Waals surface area contributed by atoms with Crippen molar-refractivity contribution in [3.63, 3.8) is 0 Å². The van der Waals surface area contributed by atoms with Gasteiger partial charge >= 0.3 is 0 Å². The highest BCUT2D eigenvalue weighted by atomic mass is 35.5. The molecule has 0 radical (unpaired) electrons. The first-order chi connectivity index (χ1) is 12.5. The first-order valence-electron chi connectivity index (χ1n) is 8.32. The summed E-state index contributed by atoms with van der Waals surface area (Å²) in [4.78, 5) is 4.71. The zero-order chi connectivity index (χ0) is 18.3. The third-order valence-corrected chi connectivity index (χ3v) is 4.45. The van der Waals surface area contributed by atoms with E-state index >= 15 is 0 Å². The van der Waals surface area contributed by atoms with Crippen LogP contribution in [0.15, 0.2) is 60.8 Å². The molecule has 0 aliphatic heterocycles. The zero-order valence-corrected chi connectivity index (χ0v) is 15.2. The largest absolute Gasteiger partial charge is 0.507 e. The second-order valence-corrected chi connectivity index (χ2v) is 6.84. The van der Waals surface area contributed by atoms with Crippen molar-refractivity contribution in [3.8, 4) is 17.0 Å². The third kappa shape index (κ3) is 3.00. The Balaban J connectivity index is 1.94. The summed E-state index contributed by atoms with van der Waals surface area (Å²) in [6, 6.07) is 17.1. The molecule has 0 aliphatic carbocycles. The third-order valence-electron chi connectivity index (χ3n) is 4.23. The van der Waals surface area contributed by atoms with Gasteiger partial charge in [-0.3, -0.25) is 4.40 Å². The smallest absolute Gasteiger partial charge is 0.143 e. The molecule has 2 aromatic heterocycles. The molecule has 0 unspecified atom stereocenters. The van der Waals surface area contributed by atoms with E-state index in [9.17, 15) is 5.11 Å². The first kappa shape index (κ1) is 16.5. The van der Waals surface area contributed by atoms with E-state index in [1.54, 1.807) is 18.2 Å². The lowest BCUT2D eigenvalue weighted by atomic mass is 10.1. The fraction of sp³-hybridized carbons (Fsp3) is 0.0952. The van der Waals surface area contributed by atoms with Gasteiger partial charge in [-0.2, -0.15) is 0 Å². The number of fused-ring (bicyclic) bond motifs is 1. The van der Waals surface area contributed by atoms with Crippen molar-refractivity contribution < 1.29 is 5.11 Å². The number of para-hydroxylation sites is 1. The van der Waals surface area contributed by atoms with Crippen LogP contribution >= 0.6 is 11.6 Å². The number of halogens is 1. The van der Waals surface area contributed by atoms with Gasteiger partial charge in [0.25, 0.3) is 0 Å². The minimum absolute atomic E-state index is 0.186. The van der Waals surface area contributed by atoms with Crippen LogP contribution in [0.25, 0.3) is 16.9 Å². The highest BCUT2D eigenvalue weighted by molar-refractivity contribution is 6.30. The monoisotopic (exact) mass is 363 g/mol. The van der Waals surface area contributed by atoms with E-state index in [-0.39, 0.29) is 5.75 Å². The molecule has 2 heterocycles. The highest BCUT2D eigenvalue weighted by Crippen LogP contribution is 2.36. The van der Waals surface area contributed by atoms with E-state index in [2.05, 4.69) is 37.4 Å². The van der Waals surface area contributed by atoms with E-state index < -0.39 is 0 Å². The number of pyridine rings is 1. The number of imidazole rings is 1. The maximum absolute atomic E-state index is 10.3. The molecule has 4 aromatic rings. The molecular weight excluding hydrogens is 346 g/mol. The number of nitrogens with zero attached hydrogens (tertiary/aromatic N) is 2. The number of aromatic hydroxyl groups is 1. The van der Waals surface area contributed by atoms with Crippen molar-refractivity contribution >= 4 is 28.8 Å². The van der Waals surface area contributed by atoms with Crippen molar-refractivity contribution in [1.82, 2.24) is 9.38 Å². The molecule has 4 nitrogen and oxygen atoms in total. The minimum Gasteiger partial charge on any atom is -0.507 e. The standard InChI is InChI=1S/C21H18ClN3O/c1-13-9-14(2)11-16(10-13)23-21-20(17-5-3-4-6-18(17)26)24-19-8-7-15(22)12-25(19)21/h3-12,23,26H,1-2H3. The van der Waals surface area contributed by atoms with Crippen molar-refractivity contribution in [3.05, 3.63) is 76.9 Å². The summed E-state index contributed by atoms with van der Waals surface area (Å²) in [6.07, 6.45) is 1.82. The number of aromatic nitrogens is 2. The SMILES string of the molecule is Cc1cc(C)cc(Nc2c(-c3ccccc3O)nc3ccc(Cl)cn23)c1. The van der Waals surface area contributed by atoms with Gasteiger partial charge in [0.2, 0.25) is 0 Å². The van der Waals surface area contributed by atoms with Crippen molar-refractivity contribution in [1.29, 1.82) is 0 Å². The Bertz CT molecular complexity index is 1100. The summed E-state index contributed by atoms with van der Waals surface area (Å²) in [7, 11) is 0. The molecule has 130 valence electrons. The minimum atomic E-state index is 0.186. The Morgan fingerprint density at radius 1 is 1.00 bits per heavy atom. The number of nitrogens with one attached hydrogen (secondary N) is 1. The molecule has 2 aromatic carbocycles. The number of hydrogen-bond acceptors (Lipinski definition) is 3. The number of anilines is 2. The molecule has 0 atom stereocenters. The Morgan fingerprint density at radius 2 is 1.73 bits per heavy atom. The topological polar surface area (TPSA) is 49.6 Å². The molecule has 0 amide bonds. The molecule has 0 saturated heterocycles. The maximum Gasteiger partial charge on any atom is 0.143 e. The molecule has 2 N–H and O–H groups in total. The van der Waals surface area contributed by atoms with E-state index in [4.69, 9.17) is 16.6 Å². The number of phenolic OH excluding ortho intramolecular Hbond substituents is 1. The lowest BCUT2D eigenvalue weighted by Gasteiger charge is -2.11. The molecule has 0 fully saturated rings. The number of benzene rings is 2. The van der Waals surface area contributed by atoms with E-state index in [1.165, 1.54) is 11.1 Å². The molecule has 0 saturated carbocycles. The molecular formula is C21H18ClN3O. The second kappa shape index (κ2) is 6.39. The van der Waals surface area contributed by atoms with Crippen LogP contribution in [0.3, 0.4) is 0 Å². The van der Waals surface area contributed by atoms with Gasteiger partial charge < -0.3 is 10.4 Å². The van der Waals surface area contributed by atoms with Crippen LogP contribution < -0.4 is 5.32 Å². The van der Waals surface area contributed by atoms with Crippen molar-refractivity contribution in [2.45, 2.75) is 13.8 Å². The Hall–Kier alpha value is -2.98. The van der Waals surface area contributed by atoms with Gasteiger partial charge in [-0.05, 0) is 61.4 Å². The molecule has 4 rings (SSSR count). The lowest BCUT2D eigenvalue weighted by Crippen LogP contribution is -1.98. The first-order valence-corrected chi connectivity index (χ1v) is 8.70. The van der Waals surface area contributed by atoms with Gasteiger partial charge in [-0.15, -0.1) is 0 Å². The Kier molecular flexibility index (Phi) is 4.05. The quantitative estimate of drug-likeness (QED) is 0.489. The average molecular weight is 364 g/mol. The summed E-state index contributed by atoms with van der Waals surface area (Å²) >= 11 is 6.20. The summed E-state index contributed by atoms with van der Waals surface area (Å²) in [5.41, 5.74) is 5.39. The number of phenols is 1. The van der Waals surface area contributed by atoms with Gasteiger partial charge in [0.15, 0.2) is 0 Å². The van der Waals surface area contributed by atoms with Crippen LogP contribution in [0.1, 0.15) is 11.1 Å². The fourth-order valence-corrected chi connectivity index (χ4v) is 3.34. The lowest BCUT2D eigenvalue weighted by molar-refractivity contribution is 0.477. The normalized spacial score (nSPS) is 11.0. The number of hydrogen-bond donors (Lipinski definition) is 2. The van der Waals surface area contributed by atoms with Crippen LogP contribution in [-0.2, 0) is 0 Å².